The van der Waals surface area contributed by atoms with Gasteiger partial charge in [0.25, 0.3) is 0 Å². The Kier molecular flexibility index (Phi) is 7.20. The Morgan fingerprint density at radius 1 is 1.04 bits per heavy atom. The number of benzene rings is 2. The van der Waals surface area contributed by atoms with Crippen molar-refractivity contribution in [1.82, 2.24) is 0 Å². The number of carbonyl (C=O) groups excluding carboxylic acids is 1. The van der Waals surface area contributed by atoms with Crippen molar-refractivity contribution in [3.8, 4) is 21.9 Å². The molecule has 3 aromatic rings. The van der Waals surface area contributed by atoms with Crippen LogP contribution in [0.15, 0.2) is 53.9 Å². The lowest BCUT2D eigenvalue weighted by Crippen LogP contribution is -2.00. The molecule has 146 valence electrons. The summed E-state index contributed by atoms with van der Waals surface area (Å²) < 4.78 is 24.6. The number of unbranched alkanes of at least 4 members (excludes halogenated alkanes) is 2. The van der Waals surface area contributed by atoms with E-state index in [1.165, 1.54) is 13.2 Å². The van der Waals surface area contributed by atoms with E-state index in [-0.39, 0.29) is 11.6 Å². The summed E-state index contributed by atoms with van der Waals surface area (Å²) in [7, 11) is 1.47. The van der Waals surface area contributed by atoms with Crippen LogP contribution in [-0.2, 0) is 6.42 Å². The van der Waals surface area contributed by atoms with Crippen LogP contribution in [0, 0.1) is 5.82 Å². The molecule has 0 aliphatic carbocycles. The van der Waals surface area contributed by atoms with Crippen molar-refractivity contribution in [1.29, 1.82) is 0 Å². The van der Waals surface area contributed by atoms with Crippen molar-refractivity contribution < 1.29 is 18.7 Å². The average molecular weight is 398 g/mol. The second-order valence-corrected chi connectivity index (χ2v) is 7.43. The smallest absolute Gasteiger partial charge is 0.165 e. The molecule has 0 atom stereocenters. The number of halogens is 1. The molecule has 0 aliphatic heterocycles. The molecule has 0 N–H and O–H groups in total. The Labute approximate surface area is 168 Å². The summed E-state index contributed by atoms with van der Waals surface area (Å²) in [4.78, 5) is 12.2. The van der Waals surface area contributed by atoms with Crippen molar-refractivity contribution in [2.45, 2.75) is 25.7 Å². The van der Waals surface area contributed by atoms with Crippen molar-refractivity contribution >= 4 is 17.6 Å². The number of rotatable bonds is 10. The van der Waals surface area contributed by atoms with Gasteiger partial charge in [-0.25, -0.2) is 4.39 Å². The van der Waals surface area contributed by atoms with Crippen LogP contribution < -0.4 is 9.47 Å². The third-order valence-corrected chi connectivity index (χ3v) is 5.41. The third-order valence-electron chi connectivity index (χ3n) is 4.51. The van der Waals surface area contributed by atoms with Crippen LogP contribution in [0.4, 0.5) is 4.39 Å². The number of carbonyl (C=O) groups is 1. The molecule has 2 aromatic carbocycles. The molecular formula is C23H23FO3S. The van der Waals surface area contributed by atoms with Crippen LogP contribution in [0.3, 0.4) is 0 Å². The van der Waals surface area contributed by atoms with Gasteiger partial charge < -0.3 is 9.47 Å². The van der Waals surface area contributed by atoms with Crippen LogP contribution in [0.2, 0.25) is 0 Å². The fraction of sp³-hybridized carbons (Fsp3) is 0.261. The summed E-state index contributed by atoms with van der Waals surface area (Å²) in [5, 5.41) is 2.01. The van der Waals surface area contributed by atoms with Gasteiger partial charge in [-0.2, -0.15) is 0 Å². The summed E-state index contributed by atoms with van der Waals surface area (Å²) in [6, 6.07) is 14.6. The first-order chi connectivity index (χ1) is 13.7. The van der Waals surface area contributed by atoms with Crippen LogP contribution in [-0.4, -0.2) is 20.0 Å². The van der Waals surface area contributed by atoms with Gasteiger partial charge in [0.15, 0.2) is 11.6 Å². The largest absolute Gasteiger partial charge is 0.494 e. The number of aryl methyl sites for hydroxylation is 1. The van der Waals surface area contributed by atoms with Crippen LogP contribution in [0.25, 0.3) is 10.4 Å². The topological polar surface area (TPSA) is 35.5 Å². The molecule has 0 radical (unpaired) electrons. The van der Waals surface area contributed by atoms with E-state index in [2.05, 4.69) is 0 Å². The van der Waals surface area contributed by atoms with Crippen LogP contribution >= 0.6 is 11.3 Å². The van der Waals surface area contributed by atoms with E-state index < -0.39 is 0 Å². The zero-order valence-corrected chi connectivity index (χ0v) is 16.6. The van der Waals surface area contributed by atoms with Gasteiger partial charge >= 0.3 is 0 Å². The van der Waals surface area contributed by atoms with E-state index in [1.807, 2.05) is 35.7 Å². The molecule has 3 rings (SSSR count). The normalized spacial score (nSPS) is 10.6. The number of ether oxygens (including phenoxy) is 2. The fourth-order valence-corrected chi connectivity index (χ4v) is 3.77. The Morgan fingerprint density at radius 2 is 1.89 bits per heavy atom. The van der Waals surface area contributed by atoms with E-state index in [0.717, 1.165) is 53.7 Å². The quantitative estimate of drug-likeness (QED) is 0.303. The minimum Gasteiger partial charge on any atom is -0.494 e. The van der Waals surface area contributed by atoms with Gasteiger partial charge in [-0.1, -0.05) is 12.1 Å². The van der Waals surface area contributed by atoms with Gasteiger partial charge in [-0.15, -0.1) is 11.3 Å². The average Bonchev–Trinajstić information content (AvgIpc) is 3.25. The Hall–Kier alpha value is -2.66. The molecule has 3 nitrogen and oxygen atoms in total. The summed E-state index contributed by atoms with van der Waals surface area (Å²) in [5.41, 5.74) is 2.57. The first kappa shape index (κ1) is 20.1. The first-order valence-electron chi connectivity index (χ1n) is 9.29. The van der Waals surface area contributed by atoms with Gasteiger partial charge in [-0.3, -0.25) is 4.79 Å². The van der Waals surface area contributed by atoms with Crippen molar-refractivity contribution in [2.75, 3.05) is 13.7 Å². The van der Waals surface area contributed by atoms with Gasteiger partial charge in [0.1, 0.15) is 12.0 Å². The van der Waals surface area contributed by atoms with Crippen molar-refractivity contribution in [3.63, 3.8) is 0 Å². The van der Waals surface area contributed by atoms with Crippen LogP contribution in [0.1, 0.15) is 35.2 Å². The summed E-state index contributed by atoms with van der Waals surface area (Å²) in [5.74, 6) is 0.757. The predicted octanol–water partition coefficient (Wildman–Crippen LogP) is 6.17. The summed E-state index contributed by atoms with van der Waals surface area (Å²) >= 11 is 1.62. The van der Waals surface area contributed by atoms with Gasteiger partial charge in [0, 0.05) is 16.0 Å². The Morgan fingerprint density at radius 3 is 2.61 bits per heavy atom. The number of methoxy groups -OCH3 is 1. The monoisotopic (exact) mass is 398 g/mol. The highest BCUT2D eigenvalue weighted by molar-refractivity contribution is 7.13. The summed E-state index contributed by atoms with van der Waals surface area (Å²) in [6.07, 6.45) is 4.56. The molecule has 0 bridgehead atoms. The molecule has 0 amide bonds. The lowest BCUT2D eigenvalue weighted by Gasteiger charge is -2.11. The first-order valence-corrected chi connectivity index (χ1v) is 10.2. The molecule has 0 saturated carbocycles. The second kappa shape index (κ2) is 10.0. The summed E-state index contributed by atoms with van der Waals surface area (Å²) in [6.45, 7) is 0.607. The number of hydrogen-bond donors (Lipinski definition) is 0. The van der Waals surface area contributed by atoms with Gasteiger partial charge in [0.05, 0.1) is 13.7 Å². The van der Waals surface area contributed by atoms with Crippen molar-refractivity contribution in [2.24, 2.45) is 0 Å². The highest BCUT2D eigenvalue weighted by Gasteiger charge is 2.09. The number of hydrogen-bond acceptors (Lipinski definition) is 4. The SMILES string of the molecule is COc1ccc(CCCCCOc2ccc(C=O)cc2-c2cccs2)cc1F. The van der Waals surface area contributed by atoms with Crippen LogP contribution in [0.5, 0.6) is 11.5 Å². The predicted molar refractivity (Wildman–Crippen MR) is 111 cm³/mol. The van der Waals surface area contributed by atoms with E-state index in [1.54, 1.807) is 23.5 Å². The molecule has 0 fully saturated rings. The molecule has 0 spiro atoms. The van der Waals surface area contributed by atoms with E-state index in [9.17, 15) is 9.18 Å². The molecule has 5 heteroatoms. The van der Waals surface area contributed by atoms with Crippen molar-refractivity contribution in [3.05, 3.63) is 70.9 Å². The second-order valence-electron chi connectivity index (χ2n) is 6.48. The molecule has 0 unspecified atom stereocenters. The van der Waals surface area contributed by atoms with E-state index >= 15 is 0 Å². The molecule has 0 aliphatic rings. The van der Waals surface area contributed by atoms with Gasteiger partial charge in [-0.05, 0) is 73.0 Å². The lowest BCUT2D eigenvalue weighted by atomic mass is 10.1. The maximum absolute atomic E-state index is 13.7. The van der Waals surface area contributed by atoms with E-state index in [0.29, 0.717) is 12.2 Å². The zero-order chi connectivity index (χ0) is 19.8. The standard InChI is InChI=1S/C23H23FO3S/c1-26-22-11-8-17(15-20(22)24)6-3-2-4-12-27-21-10-9-18(16-25)14-19(21)23-7-5-13-28-23/h5,7-11,13-16H,2-4,6,12H2,1H3. The molecular weight excluding hydrogens is 375 g/mol. The number of thiophene rings is 1. The maximum atomic E-state index is 13.7. The Balaban J connectivity index is 1.48. The lowest BCUT2D eigenvalue weighted by molar-refractivity contribution is 0.112. The molecule has 28 heavy (non-hydrogen) atoms. The van der Waals surface area contributed by atoms with E-state index in [4.69, 9.17) is 9.47 Å². The Bertz CT molecular complexity index is 906. The minimum absolute atomic E-state index is 0.277. The number of aldehydes is 1. The van der Waals surface area contributed by atoms with Gasteiger partial charge in [0.2, 0.25) is 0 Å². The molecule has 1 aromatic heterocycles. The minimum atomic E-state index is -0.316. The zero-order valence-electron chi connectivity index (χ0n) is 15.8. The fourth-order valence-electron chi connectivity index (χ4n) is 3.03. The molecule has 1 heterocycles. The maximum Gasteiger partial charge on any atom is 0.165 e. The highest BCUT2D eigenvalue weighted by Crippen LogP contribution is 2.34. The molecule has 0 saturated heterocycles. The third kappa shape index (κ3) is 5.20. The highest BCUT2D eigenvalue weighted by atomic mass is 32.1.